The van der Waals surface area contributed by atoms with Crippen LogP contribution in [0, 0.1) is 5.82 Å². The summed E-state index contributed by atoms with van der Waals surface area (Å²) in [4.78, 5) is 0. The first-order chi connectivity index (χ1) is 8.79. The van der Waals surface area contributed by atoms with Gasteiger partial charge in [0.15, 0.2) is 0 Å². The first-order valence-electron chi connectivity index (χ1n) is 6.00. The van der Waals surface area contributed by atoms with Crippen molar-refractivity contribution in [3.8, 4) is 0 Å². The molecule has 2 nitrogen and oxygen atoms in total. The van der Waals surface area contributed by atoms with Crippen LogP contribution in [-0.2, 0) is 12.8 Å². The zero-order valence-corrected chi connectivity index (χ0v) is 10.9. The SMILES string of the molecule is NNC(CCc1ccsc1)Cc1ccccc1F. The Morgan fingerprint density at radius 3 is 2.78 bits per heavy atom. The third kappa shape index (κ3) is 3.63. The number of nitrogens with one attached hydrogen (secondary N) is 1. The lowest BCUT2D eigenvalue weighted by atomic mass is 10.0. The number of aryl methyl sites for hydroxylation is 1. The van der Waals surface area contributed by atoms with E-state index in [1.54, 1.807) is 17.4 Å². The van der Waals surface area contributed by atoms with Crippen LogP contribution in [-0.4, -0.2) is 6.04 Å². The van der Waals surface area contributed by atoms with Gasteiger partial charge in [0.05, 0.1) is 0 Å². The van der Waals surface area contributed by atoms with Gasteiger partial charge >= 0.3 is 0 Å². The molecule has 96 valence electrons. The number of hydrogen-bond donors (Lipinski definition) is 2. The summed E-state index contributed by atoms with van der Waals surface area (Å²) in [5, 5.41) is 4.20. The molecular weight excluding hydrogens is 247 g/mol. The van der Waals surface area contributed by atoms with Crippen LogP contribution in [0.25, 0.3) is 0 Å². The summed E-state index contributed by atoms with van der Waals surface area (Å²) >= 11 is 1.69. The van der Waals surface area contributed by atoms with E-state index in [9.17, 15) is 4.39 Å². The minimum Gasteiger partial charge on any atom is -0.271 e. The van der Waals surface area contributed by atoms with Crippen molar-refractivity contribution in [1.29, 1.82) is 0 Å². The zero-order valence-electron chi connectivity index (χ0n) is 10.1. The van der Waals surface area contributed by atoms with Crippen LogP contribution in [0.3, 0.4) is 0 Å². The Morgan fingerprint density at radius 1 is 1.28 bits per heavy atom. The summed E-state index contributed by atoms with van der Waals surface area (Å²) in [5.74, 6) is 5.38. The number of hydrogen-bond acceptors (Lipinski definition) is 3. The monoisotopic (exact) mass is 264 g/mol. The lowest BCUT2D eigenvalue weighted by Gasteiger charge is -2.15. The molecule has 1 unspecified atom stereocenters. The van der Waals surface area contributed by atoms with E-state index in [1.165, 1.54) is 11.6 Å². The third-order valence-corrected chi connectivity index (χ3v) is 3.75. The van der Waals surface area contributed by atoms with Crippen molar-refractivity contribution >= 4 is 11.3 Å². The fourth-order valence-corrected chi connectivity index (χ4v) is 2.65. The Balaban J connectivity index is 1.91. The lowest BCUT2D eigenvalue weighted by Crippen LogP contribution is -2.37. The maximum absolute atomic E-state index is 13.5. The molecule has 0 fully saturated rings. The minimum atomic E-state index is -0.159. The highest BCUT2D eigenvalue weighted by molar-refractivity contribution is 7.07. The Kier molecular flexibility index (Phi) is 4.87. The van der Waals surface area contributed by atoms with Crippen molar-refractivity contribution in [3.63, 3.8) is 0 Å². The number of hydrazine groups is 1. The second kappa shape index (κ2) is 6.64. The Bertz CT molecular complexity index is 470. The summed E-state index contributed by atoms with van der Waals surface area (Å²) < 4.78 is 13.5. The highest BCUT2D eigenvalue weighted by Gasteiger charge is 2.10. The van der Waals surface area contributed by atoms with Gasteiger partial charge < -0.3 is 0 Å². The predicted molar refractivity (Wildman–Crippen MR) is 73.9 cm³/mol. The van der Waals surface area contributed by atoms with Gasteiger partial charge in [-0.3, -0.25) is 11.3 Å². The molecule has 3 N–H and O–H groups in total. The molecule has 0 bridgehead atoms. The largest absolute Gasteiger partial charge is 0.271 e. The van der Waals surface area contributed by atoms with E-state index < -0.39 is 0 Å². The topological polar surface area (TPSA) is 38.0 Å². The van der Waals surface area contributed by atoms with Gasteiger partial charge in [0, 0.05) is 6.04 Å². The molecule has 1 atom stereocenters. The number of halogens is 1. The van der Waals surface area contributed by atoms with Crippen LogP contribution in [0.1, 0.15) is 17.5 Å². The number of nitrogens with two attached hydrogens (primary N) is 1. The van der Waals surface area contributed by atoms with Crippen molar-refractivity contribution in [2.75, 3.05) is 0 Å². The first kappa shape index (κ1) is 13.2. The van der Waals surface area contributed by atoms with E-state index in [0.717, 1.165) is 12.8 Å². The van der Waals surface area contributed by atoms with Crippen LogP contribution < -0.4 is 11.3 Å². The van der Waals surface area contributed by atoms with Crippen molar-refractivity contribution in [3.05, 3.63) is 58.0 Å². The third-order valence-electron chi connectivity index (χ3n) is 3.02. The summed E-state index contributed by atoms with van der Waals surface area (Å²) in [7, 11) is 0. The van der Waals surface area contributed by atoms with E-state index in [-0.39, 0.29) is 11.9 Å². The molecule has 0 saturated carbocycles. The smallest absolute Gasteiger partial charge is 0.126 e. The molecule has 0 saturated heterocycles. The molecule has 1 aromatic heterocycles. The molecular formula is C14H17FN2S. The van der Waals surface area contributed by atoms with E-state index in [0.29, 0.717) is 12.0 Å². The molecule has 4 heteroatoms. The van der Waals surface area contributed by atoms with Crippen LogP contribution in [0.5, 0.6) is 0 Å². The quantitative estimate of drug-likeness (QED) is 0.622. The number of benzene rings is 1. The fraction of sp³-hybridized carbons (Fsp3) is 0.286. The van der Waals surface area contributed by atoms with E-state index >= 15 is 0 Å². The fourth-order valence-electron chi connectivity index (χ4n) is 1.95. The highest BCUT2D eigenvalue weighted by atomic mass is 32.1. The molecule has 0 aliphatic heterocycles. The van der Waals surface area contributed by atoms with Crippen molar-refractivity contribution in [2.45, 2.75) is 25.3 Å². The molecule has 0 amide bonds. The molecule has 0 aliphatic rings. The molecule has 1 heterocycles. The maximum atomic E-state index is 13.5. The molecule has 2 aromatic rings. The molecule has 1 aromatic carbocycles. The van der Waals surface area contributed by atoms with Gasteiger partial charge in [0.1, 0.15) is 5.82 Å². The summed E-state index contributed by atoms with van der Waals surface area (Å²) in [5.41, 5.74) is 4.80. The molecule has 0 aliphatic carbocycles. The molecule has 2 rings (SSSR count). The van der Waals surface area contributed by atoms with Crippen molar-refractivity contribution < 1.29 is 4.39 Å². The van der Waals surface area contributed by atoms with Gasteiger partial charge in [-0.15, -0.1) is 0 Å². The standard InChI is InChI=1S/C14H17FN2S/c15-14-4-2-1-3-12(14)9-13(17-16)6-5-11-7-8-18-10-11/h1-4,7-8,10,13,17H,5-6,9,16H2. The summed E-state index contributed by atoms with van der Waals surface area (Å²) in [6.45, 7) is 0. The number of thiophene rings is 1. The minimum absolute atomic E-state index is 0.0989. The molecule has 18 heavy (non-hydrogen) atoms. The first-order valence-corrected chi connectivity index (χ1v) is 6.94. The van der Waals surface area contributed by atoms with E-state index in [1.807, 2.05) is 12.1 Å². The molecule has 0 radical (unpaired) electrons. The van der Waals surface area contributed by atoms with E-state index in [4.69, 9.17) is 5.84 Å². The van der Waals surface area contributed by atoms with Gasteiger partial charge in [-0.1, -0.05) is 18.2 Å². The lowest BCUT2D eigenvalue weighted by molar-refractivity contribution is 0.480. The van der Waals surface area contributed by atoms with Gasteiger partial charge in [-0.05, 0) is 53.3 Å². The van der Waals surface area contributed by atoms with Gasteiger partial charge in [0.25, 0.3) is 0 Å². The van der Waals surface area contributed by atoms with Crippen LogP contribution in [0.4, 0.5) is 4.39 Å². The summed E-state index contributed by atoms with van der Waals surface area (Å²) in [6.07, 6.45) is 2.49. The van der Waals surface area contributed by atoms with Crippen molar-refractivity contribution in [2.24, 2.45) is 5.84 Å². The highest BCUT2D eigenvalue weighted by Crippen LogP contribution is 2.14. The van der Waals surface area contributed by atoms with Gasteiger partial charge in [-0.25, -0.2) is 4.39 Å². The maximum Gasteiger partial charge on any atom is 0.126 e. The zero-order chi connectivity index (χ0) is 12.8. The van der Waals surface area contributed by atoms with Crippen molar-refractivity contribution in [1.82, 2.24) is 5.43 Å². The Hall–Kier alpha value is -1.23. The average Bonchev–Trinajstić information content (AvgIpc) is 2.90. The number of rotatable bonds is 6. The van der Waals surface area contributed by atoms with Crippen LogP contribution >= 0.6 is 11.3 Å². The van der Waals surface area contributed by atoms with Gasteiger partial charge in [0.2, 0.25) is 0 Å². The van der Waals surface area contributed by atoms with Crippen LogP contribution in [0.2, 0.25) is 0 Å². The Morgan fingerprint density at radius 2 is 2.11 bits per heavy atom. The summed E-state index contributed by atoms with van der Waals surface area (Å²) in [6, 6.07) is 9.06. The average molecular weight is 264 g/mol. The Labute approximate surface area is 111 Å². The van der Waals surface area contributed by atoms with E-state index in [2.05, 4.69) is 22.3 Å². The normalized spacial score (nSPS) is 12.6. The predicted octanol–water partition coefficient (Wildman–Crippen LogP) is 2.89. The second-order valence-electron chi connectivity index (χ2n) is 4.33. The second-order valence-corrected chi connectivity index (χ2v) is 5.11. The molecule has 0 spiro atoms. The van der Waals surface area contributed by atoms with Crippen LogP contribution in [0.15, 0.2) is 41.1 Å². The van der Waals surface area contributed by atoms with Gasteiger partial charge in [-0.2, -0.15) is 11.3 Å².